The van der Waals surface area contributed by atoms with E-state index in [0.717, 1.165) is 17.0 Å². The fourth-order valence-electron chi connectivity index (χ4n) is 1.56. The summed E-state index contributed by atoms with van der Waals surface area (Å²) in [6.45, 7) is 6.10. The van der Waals surface area contributed by atoms with Gasteiger partial charge in [-0.1, -0.05) is 51.1 Å². The Kier molecular flexibility index (Phi) is 6.90. The van der Waals surface area contributed by atoms with Crippen LogP contribution in [-0.2, 0) is 17.4 Å². The van der Waals surface area contributed by atoms with Crippen molar-refractivity contribution in [2.45, 2.75) is 32.1 Å². The highest BCUT2D eigenvalue weighted by Gasteiger charge is 2.02. The first kappa shape index (κ1) is 15.4. The van der Waals surface area contributed by atoms with Crippen molar-refractivity contribution in [3.05, 3.63) is 60.2 Å². The topological polar surface area (TPSA) is 29.1 Å². The molecule has 0 heterocycles. The maximum Gasteiger partial charge on any atom is 0.150 e. The van der Waals surface area contributed by atoms with Crippen LogP contribution in [0.5, 0.6) is 0 Å². The van der Waals surface area contributed by atoms with Gasteiger partial charge in [-0.15, -0.1) is 0 Å². The van der Waals surface area contributed by atoms with Crippen LogP contribution in [0.3, 0.4) is 0 Å². The molecule has 1 atom stereocenters. The molecular weight excluding hydrogens is 254 g/mol. The van der Waals surface area contributed by atoms with Crippen LogP contribution in [0.4, 0.5) is 5.69 Å². The third-order valence-corrected chi connectivity index (χ3v) is 3.62. The summed E-state index contributed by atoms with van der Waals surface area (Å²) in [6.07, 6.45) is 0.980. The Balaban J connectivity index is 0.000000861. The van der Waals surface area contributed by atoms with E-state index >= 15 is 0 Å². The fourth-order valence-corrected chi connectivity index (χ4v) is 2.43. The number of nitrogens with one attached hydrogen (secondary N) is 1. The van der Waals surface area contributed by atoms with E-state index in [1.807, 2.05) is 62.4 Å². The largest absolute Gasteiger partial charge is 0.301 e. The average Bonchev–Trinajstić information content (AvgIpc) is 2.50. The minimum absolute atomic E-state index is 0.786. The lowest BCUT2D eigenvalue weighted by atomic mass is 10.1. The highest BCUT2D eigenvalue weighted by molar-refractivity contribution is 7.86. The van der Waals surface area contributed by atoms with E-state index in [0.29, 0.717) is 0 Å². The number of hydrogen-bond donors (Lipinski definition) is 1. The van der Waals surface area contributed by atoms with E-state index in [9.17, 15) is 4.21 Å². The molecule has 19 heavy (non-hydrogen) atoms. The zero-order valence-corrected chi connectivity index (χ0v) is 12.5. The zero-order chi connectivity index (χ0) is 14.1. The van der Waals surface area contributed by atoms with Crippen LogP contribution in [0.15, 0.2) is 59.5 Å². The van der Waals surface area contributed by atoms with Crippen LogP contribution in [0, 0.1) is 0 Å². The van der Waals surface area contributed by atoms with E-state index in [-0.39, 0.29) is 0 Å². The Morgan fingerprint density at radius 3 is 2.32 bits per heavy atom. The Hall–Kier alpha value is -1.61. The zero-order valence-electron chi connectivity index (χ0n) is 11.7. The van der Waals surface area contributed by atoms with Gasteiger partial charge in [-0.2, -0.15) is 0 Å². The highest BCUT2D eigenvalue weighted by atomic mass is 32.2. The van der Waals surface area contributed by atoms with Gasteiger partial charge in [-0.3, -0.25) is 0 Å². The maximum absolute atomic E-state index is 12.0. The number of benzene rings is 2. The second kappa shape index (κ2) is 8.48. The average molecular weight is 275 g/mol. The van der Waals surface area contributed by atoms with Crippen molar-refractivity contribution >= 4 is 16.7 Å². The van der Waals surface area contributed by atoms with Gasteiger partial charge in [-0.05, 0) is 36.2 Å². The van der Waals surface area contributed by atoms with Gasteiger partial charge in [0.1, 0.15) is 11.0 Å². The van der Waals surface area contributed by atoms with Crippen molar-refractivity contribution in [1.29, 1.82) is 0 Å². The molecule has 2 aromatic rings. The van der Waals surface area contributed by atoms with Crippen molar-refractivity contribution in [2.75, 3.05) is 4.72 Å². The number of hydrogen-bond acceptors (Lipinski definition) is 1. The molecule has 102 valence electrons. The van der Waals surface area contributed by atoms with Gasteiger partial charge in [-0.25, -0.2) is 4.21 Å². The summed E-state index contributed by atoms with van der Waals surface area (Å²) in [7, 11) is -1.19. The van der Waals surface area contributed by atoms with Gasteiger partial charge in [0.25, 0.3) is 0 Å². The minimum atomic E-state index is -1.19. The molecule has 3 heteroatoms. The molecule has 0 radical (unpaired) electrons. The Morgan fingerprint density at radius 1 is 1.00 bits per heavy atom. The molecule has 0 saturated heterocycles. The second-order valence-electron chi connectivity index (χ2n) is 3.74. The van der Waals surface area contributed by atoms with Gasteiger partial charge < -0.3 is 4.72 Å². The lowest BCUT2D eigenvalue weighted by molar-refractivity contribution is 0.686. The summed E-state index contributed by atoms with van der Waals surface area (Å²) in [5, 5.41) is 0. The quantitative estimate of drug-likeness (QED) is 0.879. The summed E-state index contributed by atoms with van der Waals surface area (Å²) >= 11 is 0. The van der Waals surface area contributed by atoms with Gasteiger partial charge in [0.15, 0.2) is 0 Å². The van der Waals surface area contributed by atoms with Crippen LogP contribution in [0.1, 0.15) is 26.3 Å². The normalized spacial score (nSPS) is 11.1. The first-order valence-electron chi connectivity index (χ1n) is 6.62. The van der Waals surface area contributed by atoms with E-state index in [1.54, 1.807) is 0 Å². The third kappa shape index (κ3) is 4.87. The molecule has 1 unspecified atom stereocenters. The van der Waals surface area contributed by atoms with Gasteiger partial charge in [0.05, 0.1) is 4.90 Å². The minimum Gasteiger partial charge on any atom is -0.301 e. The second-order valence-corrected chi connectivity index (χ2v) is 4.95. The maximum atomic E-state index is 12.0. The summed E-state index contributed by atoms with van der Waals surface area (Å²) in [6, 6.07) is 17.4. The van der Waals surface area contributed by atoms with E-state index < -0.39 is 11.0 Å². The van der Waals surface area contributed by atoms with Crippen molar-refractivity contribution in [3.63, 3.8) is 0 Å². The van der Waals surface area contributed by atoms with Gasteiger partial charge in [0.2, 0.25) is 0 Å². The molecule has 2 aromatic carbocycles. The molecule has 0 fully saturated rings. The molecule has 0 aliphatic heterocycles. The molecule has 1 N–H and O–H groups in total. The summed E-state index contributed by atoms with van der Waals surface area (Å²) < 4.78 is 15.0. The Morgan fingerprint density at radius 2 is 1.68 bits per heavy atom. The SMILES string of the molecule is CC.CCc1cccc(NS(=O)c2ccccc2)c1. The van der Waals surface area contributed by atoms with E-state index in [4.69, 9.17) is 0 Å². The smallest absolute Gasteiger partial charge is 0.150 e. The van der Waals surface area contributed by atoms with Crippen molar-refractivity contribution in [2.24, 2.45) is 0 Å². The van der Waals surface area contributed by atoms with Gasteiger partial charge >= 0.3 is 0 Å². The number of aryl methyl sites for hydroxylation is 1. The molecule has 0 aliphatic rings. The first-order valence-corrected chi connectivity index (χ1v) is 7.77. The lowest BCUT2D eigenvalue weighted by Gasteiger charge is -2.07. The standard InChI is InChI=1S/C14H15NOS.C2H6/c1-2-12-7-6-8-13(11-12)15-17(16)14-9-4-3-5-10-14;1-2/h3-11,15H,2H2,1H3;1-2H3. The molecule has 0 aromatic heterocycles. The van der Waals surface area contributed by atoms with Gasteiger partial charge in [0, 0.05) is 5.69 Å². The fraction of sp³-hybridized carbons (Fsp3) is 0.250. The predicted octanol–water partition coefficient (Wildman–Crippen LogP) is 4.41. The monoisotopic (exact) mass is 275 g/mol. The molecule has 2 rings (SSSR count). The number of rotatable bonds is 4. The van der Waals surface area contributed by atoms with Crippen LogP contribution in [0.2, 0.25) is 0 Å². The van der Waals surface area contributed by atoms with Crippen LogP contribution in [0.25, 0.3) is 0 Å². The molecule has 0 aliphatic carbocycles. The Bertz CT molecular complexity index is 511. The third-order valence-electron chi connectivity index (χ3n) is 2.50. The van der Waals surface area contributed by atoms with E-state index in [1.165, 1.54) is 5.56 Å². The first-order chi connectivity index (χ1) is 9.29. The van der Waals surface area contributed by atoms with Crippen LogP contribution >= 0.6 is 0 Å². The van der Waals surface area contributed by atoms with Crippen molar-refractivity contribution in [1.82, 2.24) is 0 Å². The summed E-state index contributed by atoms with van der Waals surface area (Å²) in [5.74, 6) is 0. The number of anilines is 1. The molecular formula is C16H21NOS. The molecule has 0 bridgehead atoms. The van der Waals surface area contributed by atoms with Crippen molar-refractivity contribution in [3.8, 4) is 0 Å². The Labute approximate surface area is 118 Å². The predicted molar refractivity (Wildman–Crippen MR) is 83.6 cm³/mol. The molecule has 0 saturated carbocycles. The molecule has 0 spiro atoms. The van der Waals surface area contributed by atoms with E-state index in [2.05, 4.69) is 17.7 Å². The molecule has 2 nitrogen and oxygen atoms in total. The lowest BCUT2D eigenvalue weighted by Crippen LogP contribution is -2.04. The van der Waals surface area contributed by atoms with Crippen LogP contribution in [-0.4, -0.2) is 4.21 Å². The highest BCUT2D eigenvalue weighted by Crippen LogP contribution is 2.14. The van der Waals surface area contributed by atoms with Crippen LogP contribution < -0.4 is 4.72 Å². The molecule has 0 amide bonds. The summed E-state index contributed by atoms with van der Waals surface area (Å²) in [4.78, 5) is 0.786. The summed E-state index contributed by atoms with van der Waals surface area (Å²) in [5.41, 5.74) is 2.13. The van der Waals surface area contributed by atoms with Crippen molar-refractivity contribution < 1.29 is 4.21 Å².